The lowest BCUT2D eigenvalue weighted by Gasteiger charge is -2.30. The van der Waals surface area contributed by atoms with Gasteiger partial charge in [-0.25, -0.2) is 0 Å². The summed E-state index contributed by atoms with van der Waals surface area (Å²) in [4.78, 5) is 14.4. The predicted molar refractivity (Wildman–Crippen MR) is 78.2 cm³/mol. The highest BCUT2D eigenvalue weighted by Gasteiger charge is 2.24. The van der Waals surface area contributed by atoms with Crippen molar-refractivity contribution in [2.75, 3.05) is 18.0 Å². The van der Waals surface area contributed by atoms with Crippen molar-refractivity contribution in [3.8, 4) is 0 Å². The van der Waals surface area contributed by atoms with Gasteiger partial charge in [-0.05, 0) is 32.4 Å². The van der Waals surface area contributed by atoms with E-state index in [0.29, 0.717) is 0 Å². The zero-order chi connectivity index (χ0) is 13.8. The fourth-order valence-corrected chi connectivity index (χ4v) is 2.43. The average Bonchev–Trinajstić information content (AvgIpc) is 2.59. The molecule has 0 bridgehead atoms. The standard InChI is InChI=1S/C15H23N3O/c1-11(2)17-15(19)12(3)18-9-8-16-10-13-6-4-5-7-14(13)18/h4-7,11-12,16H,8-10H2,1-3H3,(H,17,19). The maximum absolute atomic E-state index is 12.2. The van der Waals surface area contributed by atoms with Gasteiger partial charge in [0.05, 0.1) is 0 Å². The Morgan fingerprint density at radius 3 is 2.79 bits per heavy atom. The Labute approximate surface area is 115 Å². The fourth-order valence-electron chi connectivity index (χ4n) is 2.43. The molecular formula is C15H23N3O. The Kier molecular flexibility index (Phi) is 4.43. The van der Waals surface area contributed by atoms with Gasteiger partial charge in [0.2, 0.25) is 5.91 Å². The monoisotopic (exact) mass is 261 g/mol. The van der Waals surface area contributed by atoms with Crippen molar-refractivity contribution in [3.63, 3.8) is 0 Å². The number of rotatable bonds is 3. The van der Waals surface area contributed by atoms with Gasteiger partial charge in [0.1, 0.15) is 6.04 Å². The van der Waals surface area contributed by atoms with E-state index in [1.807, 2.05) is 32.9 Å². The van der Waals surface area contributed by atoms with E-state index in [9.17, 15) is 4.79 Å². The molecule has 19 heavy (non-hydrogen) atoms. The molecule has 0 saturated heterocycles. The number of carbonyl (C=O) groups excluding carboxylic acids is 1. The number of benzene rings is 1. The van der Waals surface area contributed by atoms with Gasteiger partial charge in [0.15, 0.2) is 0 Å². The van der Waals surface area contributed by atoms with Crippen molar-refractivity contribution in [1.82, 2.24) is 10.6 Å². The number of hydrogen-bond donors (Lipinski definition) is 2. The molecule has 1 atom stereocenters. The van der Waals surface area contributed by atoms with Crippen LogP contribution in [-0.2, 0) is 11.3 Å². The first-order chi connectivity index (χ1) is 9.09. The molecule has 1 amide bonds. The lowest BCUT2D eigenvalue weighted by Crippen LogP contribution is -2.48. The molecule has 0 saturated carbocycles. The normalized spacial score (nSPS) is 16.7. The van der Waals surface area contributed by atoms with Crippen LogP contribution in [0.5, 0.6) is 0 Å². The lowest BCUT2D eigenvalue weighted by atomic mass is 10.1. The minimum Gasteiger partial charge on any atom is -0.358 e. The van der Waals surface area contributed by atoms with Gasteiger partial charge in [-0.3, -0.25) is 4.79 Å². The van der Waals surface area contributed by atoms with Crippen molar-refractivity contribution < 1.29 is 4.79 Å². The summed E-state index contributed by atoms with van der Waals surface area (Å²) < 4.78 is 0. The molecule has 1 aliphatic heterocycles. The molecule has 1 aromatic rings. The summed E-state index contributed by atoms with van der Waals surface area (Å²) in [7, 11) is 0. The second-order valence-electron chi connectivity index (χ2n) is 5.34. The van der Waals surface area contributed by atoms with E-state index in [-0.39, 0.29) is 18.0 Å². The van der Waals surface area contributed by atoms with Crippen LogP contribution in [0.4, 0.5) is 5.69 Å². The molecule has 0 radical (unpaired) electrons. The van der Waals surface area contributed by atoms with Crippen LogP contribution in [0.15, 0.2) is 24.3 Å². The lowest BCUT2D eigenvalue weighted by molar-refractivity contribution is -0.122. The van der Waals surface area contributed by atoms with Crippen molar-refractivity contribution in [3.05, 3.63) is 29.8 Å². The zero-order valence-corrected chi connectivity index (χ0v) is 11.9. The smallest absolute Gasteiger partial charge is 0.242 e. The highest BCUT2D eigenvalue weighted by Crippen LogP contribution is 2.24. The second-order valence-corrected chi connectivity index (χ2v) is 5.34. The number of anilines is 1. The predicted octanol–water partition coefficient (Wildman–Crippen LogP) is 1.51. The molecule has 104 valence electrons. The van der Waals surface area contributed by atoms with Gasteiger partial charge in [-0.1, -0.05) is 18.2 Å². The minimum atomic E-state index is -0.150. The fraction of sp³-hybridized carbons (Fsp3) is 0.533. The van der Waals surface area contributed by atoms with Gasteiger partial charge in [-0.2, -0.15) is 0 Å². The van der Waals surface area contributed by atoms with Crippen LogP contribution in [0, 0.1) is 0 Å². The van der Waals surface area contributed by atoms with Gasteiger partial charge in [0.25, 0.3) is 0 Å². The van der Waals surface area contributed by atoms with Gasteiger partial charge < -0.3 is 15.5 Å². The maximum Gasteiger partial charge on any atom is 0.242 e. The van der Waals surface area contributed by atoms with Crippen LogP contribution >= 0.6 is 0 Å². The molecule has 4 heteroatoms. The van der Waals surface area contributed by atoms with Crippen LogP contribution < -0.4 is 15.5 Å². The third-order valence-corrected chi connectivity index (χ3v) is 3.42. The number of nitrogens with zero attached hydrogens (tertiary/aromatic N) is 1. The Morgan fingerprint density at radius 1 is 1.32 bits per heavy atom. The van der Waals surface area contributed by atoms with E-state index in [2.05, 4.69) is 27.7 Å². The van der Waals surface area contributed by atoms with Crippen molar-refractivity contribution in [2.45, 2.75) is 39.4 Å². The molecule has 1 heterocycles. The molecule has 0 spiro atoms. The van der Waals surface area contributed by atoms with E-state index in [1.54, 1.807) is 0 Å². The topological polar surface area (TPSA) is 44.4 Å². The zero-order valence-electron chi connectivity index (χ0n) is 11.9. The summed E-state index contributed by atoms with van der Waals surface area (Å²) in [5.41, 5.74) is 2.42. The Morgan fingerprint density at radius 2 is 2.05 bits per heavy atom. The van der Waals surface area contributed by atoms with Crippen molar-refractivity contribution in [2.24, 2.45) is 0 Å². The van der Waals surface area contributed by atoms with E-state index in [4.69, 9.17) is 0 Å². The Balaban J connectivity index is 2.21. The number of para-hydroxylation sites is 1. The average molecular weight is 261 g/mol. The van der Waals surface area contributed by atoms with Crippen molar-refractivity contribution >= 4 is 11.6 Å². The van der Waals surface area contributed by atoms with Crippen LogP contribution in [0.25, 0.3) is 0 Å². The number of carbonyl (C=O) groups is 1. The van der Waals surface area contributed by atoms with E-state index >= 15 is 0 Å². The molecule has 2 N–H and O–H groups in total. The summed E-state index contributed by atoms with van der Waals surface area (Å²) in [5, 5.41) is 6.38. The summed E-state index contributed by atoms with van der Waals surface area (Å²) >= 11 is 0. The second kappa shape index (κ2) is 6.06. The number of hydrogen-bond acceptors (Lipinski definition) is 3. The van der Waals surface area contributed by atoms with Crippen molar-refractivity contribution in [1.29, 1.82) is 0 Å². The number of amides is 1. The Bertz CT molecular complexity index is 445. The summed E-state index contributed by atoms with van der Waals surface area (Å²) in [6, 6.07) is 8.32. The molecular weight excluding hydrogens is 238 g/mol. The molecule has 4 nitrogen and oxygen atoms in total. The molecule has 1 unspecified atom stereocenters. The van der Waals surface area contributed by atoms with Gasteiger partial charge in [0, 0.05) is 31.4 Å². The first kappa shape index (κ1) is 13.9. The minimum absolute atomic E-state index is 0.0895. The first-order valence-corrected chi connectivity index (χ1v) is 6.95. The largest absolute Gasteiger partial charge is 0.358 e. The number of fused-ring (bicyclic) bond motifs is 1. The quantitative estimate of drug-likeness (QED) is 0.867. The number of nitrogens with one attached hydrogen (secondary N) is 2. The van der Waals surface area contributed by atoms with Crippen LogP contribution in [-0.4, -0.2) is 31.1 Å². The van der Waals surface area contributed by atoms with Crippen LogP contribution in [0.2, 0.25) is 0 Å². The maximum atomic E-state index is 12.2. The molecule has 2 rings (SSSR count). The third kappa shape index (κ3) is 3.26. The van der Waals surface area contributed by atoms with E-state index < -0.39 is 0 Å². The molecule has 0 fully saturated rings. The SMILES string of the molecule is CC(C)NC(=O)C(C)N1CCNCc2ccccc21. The first-order valence-electron chi connectivity index (χ1n) is 6.95. The third-order valence-electron chi connectivity index (χ3n) is 3.42. The molecule has 1 aromatic carbocycles. The molecule has 0 aliphatic carbocycles. The highest BCUT2D eigenvalue weighted by molar-refractivity contribution is 5.85. The van der Waals surface area contributed by atoms with E-state index in [0.717, 1.165) is 19.6 Å². The molecule has 1 aliphatic rings. The Hall–Kier alpha value is -1.55. The highest BCUT2D eigenvalue weighted by atomic mass is 16.2. The van der Waals surface area contributed by atoms with Crippen LogP contribution in [0.1, 0.15) is 26.3 Å². The van der Waals surface area contributed by atoms with Gasteiger partial charge >= 0.3 is 0 Å². The summed E-state index contributed by atoms with van der Waals surface area (Å²) in [5.74, 6) is 0.0895. The van der Waals surface area contributed by atoms with Gasteiger partial charge in [-0.15, -0.1) is 0 Å². The summed E-state index contributed by atoms with van der Waals surface area (Å²) in [6.45, 7) is 8.56. The van der Waals surface area contributed by atoms with Crippen LogP contribution in [0.3, 0.4) is 0 Å². The molecule has 0 aromatic heterocycles. The summed E-state index contributed by atoms with van der Waals surface area (Å²) in [6.07, 6.45) is 0. The van der Waals surface area contributed by atoms with E-state index in [1.165, 1.54) is 11.3 Å².